The summed E-state index contributed by atoms with van der Waals surface area (Å²) in [4.78, 5) is 15.6. The summed E-state index contributed by atoms with van der Waals surface area (Å²) < 4.78 is 0. The average molecular weight is 402 g/mol. The predicted molar refractivity (Wildman–Crippen MR) is 110 cm³/mol. The molecule has 2 aromatic carbocycles. The fourth-order valence-corrected chi connectivity index (χ4v) is 4.58. The van der Waals surface area contributed by atoms with E-state index in [1.165, 1.54) is 21.6 Å². The number of nitrogens with one attached hydrogen (secondary N) is 2. The minimum atomic E-state index is 0.532. The van der Waals surface area contributed by atoms with Gasteiger partial charge in [0.05, 0.1) is 0 Å². The highest BCUT2D eigenvalue weighted by atomic mass is 33.1. The van der Waals surface area contributed by atoms with Crippen LogP contribution in [0.1, 0.15) is 0 Å². The van der Waals surface area contributed by atoms with Crippen LogP contribution in [0.4, 0.5) is 0 Å². The molecular formula is C18H10N8S2. The van der Waals surface area contributed by atoms with E-state index < -0.39 is 0 Å². The topological polar surface area (TPSA) is 109 Å². The fourth-order valence-electron chi connectivity index (χ4n) is 3.16. The molecule has 0 saturated heterocycles. The summed E-state index contributed by atoms with van der Waals surface area (Å²) in [7, 11) is 2.69. The van der Waals surface area contributed by atoms with Crippen molar-refractivity contribution in [2.45, 2.75) is 10.3 Å². The van der Waals surface area contributed by atoms with Gasteiger partial charge in [-0.3, -0.25) is 0 Å². The van der Waals surface area contributed by atoms with E-state index in [0.717, 1.165) is 32.8 Å². The lowest BCUT2D eigenvalue weighted by Gasteiger charge is -1.98. The molecule has 4 aromatic heterocycles. The number of hydrogen-bond acceptors (Lipinski definition) is 8. The van der Waals surface area contributed by atoms with Crippen LogP contribution in [0.5, 0.6) is 0 Å². The molecule has 6 rings (SSSR count). The van der Waals surface area contributed by atoms with Gasteiger partial charge >= 0.3 is 0 Å². The Morgan fingerprint density at radius 3 is 1.54 bits per heavy atom. The fraction of sp³-hybridized carbons (Fsp3) is 0. The van der Waals surface area contributed by atoms with Crippen LogP contribution < -0.4 is 0 Å². The zero-order valence-corrected chi connectivity index (χ0v) is 15.8. The van der Waals surface area contributed by atoms with Crippen molar-refractivity contribution in [3.8, 4) is 0 Å². The molecule has 2 N–H and O–H groups in total. The Morgan fingerprint density at radius 1 is 0.571 bits per heavy atom. The Hall–Kier alpha value is -3.24. The van der Waals surface area contributed by atoms with Crippen LogP contribution in [0.2, 0.25) is 0 Å². The summed E-state index contributed by atoms with van der Waals surface area (Å²) >= 11 is 0. The van der Waals surface area contributed by atoms with E-state index in [1.54, 1.807) is 0 Å². The summed E-state index contributed by atoms with van der Waals surface area (Å²) in [6.45, 7) is 0. The lowest BCUT2D eigenvalue weighted by Crippen LogP contribution is -1.92. The first-order valence-corrected chi connectivity index (χ1v) is 10.6. The third-order valence-corrected chi connectivity index (χ3v) is 6.27. The number of benzene rings is 2. The second-order valence-electron chi connectivity index (χ2n) is 6.09. The van der Waals surface area contributed by atoms with Crippen molar-refractivity contribution in [1.29, 1.82) is 0 Å². The van der Waals surface area contributed by atoms with Crippen molar-refractivity contribution in [3.63, 3.8) is 0 Å². The van der Waals surface area contributed by atoms with Crippen molar-refractivity contribution in [1.82, 2.24) is 40.3 Å². The lowest BCUT2D eigenvalue weighted by molar-refractivity contribution is 0.877. The second kappa shape index (κ2) is 6.14. The van der Waals surface area contributed by atoms with Crippen molar-refractivity contribution in [2.75, 3.05) is 0 Å². The molecule has 0 fully saturated rings. The molecular weight excluding hydrogens is 392 g/mol. The van der Waals surface area contributed by atoms with Gasteiger partial charge in [-0.25, -0.2) is 9.97 Å². The number of para-hydroxylation sites is 2. The molecule has 134 valence electrons. The average Bonchev–Trinajstić information content (AvgIpc) is 3.29. The SMILES string of the molecule is c1ccc2c(c1)[nH]c1nc(SSc3nnc4c(n3)[nH]c3ccccc34)nnc12. The summed E-state index contributed by atoms with van der Waals surface area (Å²) in [6, 6.07) is 15.9. The van der Waals surface area contributed by atoms with Gasteiger partial charge in [0.2, 0.25) is 10.3 Å². The molecule has 10 heteroatoms. The molecule has 8 nitrogen and oxygen atoms in total. The number of H-pyrrole nitrogens is 2. The van der Waals surface area contributed by atoms with Gasteiger partial charge in [-0.1, -0.05) is 36.4 Å². The van der Waals surface area contributed by atoms with Crippen LogP contribution in [0.3, 0.4) is 0 Å². The minimum Gasteiger partial charge on any atom is -0.338 e. The Bertz CT molecular complexity index is 1380. The van der Waals surface area contributed by atoms with Crippen LogP contribution >= 0.6 is 21.6 Å². The van der Waals surface area contributed by atoms with Crippen molar-refractivity contribution >= 4 is 65.7 Å². The highest BCUT2D eigenvalue weighted by Gasteiger charge is 2.12. The van der Waals surface area contributed by atoms with Crippen LogP contribution in [0.25, 0.3) is 44.1 Å². The van der Waals surface area contributed by atoms with Crippen LogP contribution in [0, 0.1) is 0 Å². The molecule has 6 aromatic rings. The monoisotopic (exact) mass is 402 g/mol. The van der Waals surface area contributed by atoms with Gasteiger partial charge < -0.3 is 9.97 Å². The molecule has 0 saturated carbocycles. The van der Waals surface area contributed by atoms with Crippen LogP contribution in [-0.2, 0) is 0 Å². The predicted octanol–water partition coefficient (Wildman–Crippen LogP) is 4.13. The van der Waals surface area contributed by atoms with Gasteiger partial charge in [0, 0.05) is 21.8 Å². The number of aromatic amines is 2. The number of aromatic nitrogens is 8. The van der Waals surface area contributed by atoms with Gasteiger partial charge in [-0.2, -0.15) is 0 Å². The third kappa shape index (κ3) is 2.49. The van der Waals surface area contributed by atoms with Crippen LogP contribution in [0.15, 0.2) is 58.8 Å². The first-order valence-electron chi connectivity index (χ1n) is 8.42. The highest BCUT2D eigenvalue weighted by molar-refractivity contribution is 8.76. The van der Waals surface area contributed by atoms with E-state index in [-0.39, 0.29) is 0 Å². The number of rotatable bonds is 3. The van der Waals surface area contributed by atoms with E-state index in [2.05, 4.69) is 40.3 Å². The van der Waals surface area contributed by atoms with Gasteiger partial charge in [-0.05, 0) is 33.7 Å². The number of nitrogens with zero attached hydrogens (tertiary/aromatic N) is 6. The molecule has 4 heterocycles. The minimum absolute atomic E-state index is 0.532. The molecule has 0 amide bonds. The molecule has 0 atom stereocenters. The number of fused-ring (bicyclic) bond motifs is 6. The van der Waals surface area contributed by atoms with E-state index in [0.29, 0.717) is 21.6 Å². The summed E-state index contributed by atoms with van der Waals surface area (Å²) in [6.07, 6.45) is 0. The zero-order chi connectivity index (χ0) is 18.5. The molecule has 0 bridgehead atoms. The quantitative estimate of drug-likeness (QED) is 0.425. The largest absolute Gasteiger partial charge is 0.338 e. The van der Waals surface area contributed by atoms with E-state index >= 15 is 0 Å². The van der Waals surface area contributed by atoms with Gasteiger partial charge in [0.15, 0.2) is 11.3 Å². The van der Waals surface area contributed by atoms with Crippen molar-refractivity contribution < 1.29 is 0 Å². The molecule has 0 aliphatic rings. The maximum Gasteiger partial charge on any atom is 0.222 e. The van der Waals surface area contributed by atoms with Gasteiger partial charge in [0.1, 0.15) is 11.0 Å². The smallest absolute Gasteiger partial charge is 0.222 e. The Kier molecular flexibility index (Phi) is 3.46. The third-order valence-electron chi connectivity index (χ3n) is 4.40. The first kappa shape index (κ1) is 15.8. The lowest BCUT2D eigenvalue weighted by atomic mass is 10.2. The maximum atomic E-state index is 4.55. The maximum absolute atomic E-state index is 4.55. The van der Waals surface area contributed by atoms with Crippen molar-refractivity contribution in [2.24, 2.45) is 0 Å². The number of hydrogen-bond donors (Lipinski definition) is 2. The summed E-state index contributed by atoms with van der Waals surface area (Å²) in [5.41, 5.74) is 4.94. The van der Waals surface area contributed by atoms with Crippen molar-refractivity contribution in [3.05, 3.63) is 48.5 Å². The normalized spacial score (nSPS) is 11.9. The molecule has 28 heavy (non-hydrogen) atoms. The van der Waals surface area contributed by atoms with E-state index in [9.17, 15) is 0 Å². The standard InChI is InChI=1S/C18H10N8S2/c1-3-7-11-9(5-1)13-15(19-11)21-17(25-23-13)27-28-18-22-16-14(24-26-18)10-6-2-4-8-12(10)20-16/h1-8H,(H,19,21,25)(H,20,22,26). The van der Waals surface area contributed by atoms with E-state index in [4.69, 9.17) is 0 Å². The van der Waals surface area contributed by atoms with Crippen LogP contribution in [-0.4, -0.2) is 40.3 Å². The molecule has 0 radical (unpaired) electrons. The molecule has 0 aliphatic heterocycles. The Morgan fingerprint density at radius 2 is 1.04 bits per heavy atom. The zero-order valence-electron chi connectivity index (χ0n) is 14.1. The second-order valence-corrected chi connectivity index (χ2v) is 8.15. The van der Waals surface area contributed by atoms with Gasteiger partial charge in [0.25, 0.3) is 0 Å². The summed E-state index contributed by atoms with van der Waals surface area (Å²) in [5.74, 6) is 0. The Labute approximate surface area is 165 Å². The summed E-state index contributed by atoms with van der Waals surface area (Å²) in [5, 5.41) is 20.2. The molecule has 0 spiro atoms. The highest BCUT2D eigenvalue weighted by Crippen LogP contribution is 2.34. The molecule has 0 aliphatic carbocycles. The van der Waals surface area contributed by atoms with E-state index in [1.807, 2.05) is 48.5 Å². The van der Waals surface area contributed by atoms with Gasteiger partial charge in [-0.15, -0.1) is 20.4 Å². The Balaban J connectivity index is 1.31. The first-order chi connectivity index (χ1) is 13.8. The molecule has 0 unspecified atom stereocenters.